The second-order valence-corrected chi connectivity index (χ2v) is 12.2. The van der Waals surface area contributed by atoms with Crippen molar-refractivity contribution in [1.29, 1.82) is 0 Å². The molecule has 0 aromatic heterocycles. The predicted molar refractivity (Wildman–Crippen MR) is 128 cm³/mol. The summed E-state index contributed by atoms with van der Waals surface area (Å²) in [7, 11) is 0. The number of hydrogen-bond donors (Lipinski definition) is 0. The lowest BCUT2D eigenvalue weighted by Crippen LogP contribution is -2.38. The van der Waals surface area contributed by atoms with E-state index in [1.54, 1.807) is 0 Å². The fraction of sp³-hybridized carbons (Fsp3) is 0.893. The van der Waals surface area contributed by atoms with Crippen LogP contribution in [-0.4, -0.2) is 74.4 Å². The topological polar surface area (TPSA) is 116 Å². The first kappa shape index (κ1) is 25.6. The molecule has 9 nitrogen and oxygen atoms in total. The molecule has 9 unspecified atom stereocenters. The van der Waals surface area contributed by atoms with E-state index >= 15 is 0 Å². The summed E-state index contributed by atoms with van der Waals surface area (Å²) < 4.78 is 34.0. The Balaban J connectivity index is 1.03. The van der Waals surface area contributed by atoms with Gasteiger partial charge in [-0.3, -0.25) is 14.4 Å². The van der Waals surface area contributed by atoms with Gasteiger partial charge < -0.3 is 28.4 Å². The fourth-order valence-electron chi connectivity index (χ4n) is 6.59. The predicted octanol–water partition coefficient (Wildman–Crippen LogP) is 3.11. The summed E-state index contributed by atoms with van der Waals surface area (Å²) in [6.07, 6.45) is 9.93. The van der Waals surface area contributed by atoms with Gasteiger partial charge in [0.2, 0.25) is 0 Å². The maximum atomic E-state index is 12.9. The lowest BCUT2D eigenvalue weighted by atomic mass is 9.83. The standard InChI is InChI=1S/C28H40O9/c1-2-28(14-33-26(30)17-4-7-20-23(12-17)36-20,15-34-27(31)18-5-8-21-24(13-18)37-21)9-10-32-25(29)16-3-6-19-22(11-16)35-19/h16-24H,2-15H2,1H3. The number of esters is 3. The molecule has 6 rings (SSSR count). The largest absolute Gasteiger partial charge is 0.465 e. The third-order valence-electron chi connectivity index (χ3n) is 9.68. The minimum absolute atomic E-state index is 0.116. The molecule has 0 amide bonds. The molecule has 3 saturated carbocycles. The van der Waals surface area contributed by atoms with Crippen molar-refractivity contribution in [3.63, 3.8) is 0 Å². The van der Waals surface area contributed by atoms with Crippen LogP contribution < -0.4 is 0 Å². The molecular formula is C28H40O9. The number of hydrogen-bond acceptors (Lipinski definition) is 9. The van der Waals surface area contributed by atoms with Crippen molar-refractivity contribution in [3.8, 4) is 0 Å². The molecule has 9 atom stereocenters. The Bertz CT molecular complexity index is 845. The minimum atomic E-state index is -0.608. The van der Waals surface area contributed by atoms with Crippen molar-refractivity contribution in [2.24, 2.45) is 23.2 Å². The van der Waals surface area contributed by atoms with E-state index in [9.17, 15) is 14.4 Å². The summed E-state index contributed by atoms with van der Waals surface area (Å²) in [6.45, 7) is 2.48. The number of carbonyl (C=O) groups excluding carboxylic acids is 3. The van der Waals surface area contributed by atoms with Gasteiger partial charge in [-0.2, -0.15) is 0 Å². The molecule has 6 aliphatic rings. The molecule has 0 radical (unpaired) electrons. The van der Waals surface area contributed by atoms with Gasteiger partial charge in [0.05, 0.1) is 61.0 Å². The summed E-state index contributed by atoms with van der Waals surface area (Å²) in [4.78, 5) is 38.4. The molecule has 0 aromatic carbocycles. The Labute approximate surface area is 218 Å². The Hall–Kier alpha value is -1.71. The highest BCUT2D eigenvalue weighted by Gasteiger charge is 2.48. The molecular weight excluding hydrogens is 480 g/mol. The van der Waals surface area contributed by atoms with Gasteiger partial charge >= 0.3 is 17.9 Å². The molecule has 0 N–H and O–H groups in total. The fourth-order valence-corrected chi connectivity index (χ4v) is 6.59. The third-order valence-corrected chi connectivity index (χ3v) is 9.68. The molecule has 3 heterocycles. The number of epoxide rings is 3. The van der Waals surface area contributed by atoms with Crippen LogP contribution in [0, 0.1) is 23.2 Å². The first-order valence-corrected chi connectivity index (χ1v) is 14.4. The van der Waals surface area contributed by atoms with Crippen molar-refractivity contribution in [2.45, 2.75) is 114 Å². The van der Waals surface area contributed by atoms with Gasteiger partial charge in [-0.05, 0) is 70.6 Å². The molecule has 3 aliphatic heterocycles. The van der Waals surface area contributed by atoms with Gasteiger partial charge in [-0.15, -0.1) is 0 Å². The number of carbonyl (C=O) groups is 3. The van der Waals surface area contributed by atoms with Crippen LogP contribution in [0.5, 0.6) is 0 Å². The van der Waals surface area contributed by atoms with Crippen LogP contribution in [0.2, 0.25) is 0 Å². The summed E-state index contributed by atoms with van der Waals surface area (Å²) in [5.41, 5.74) is -0.608. The van der Waals surface area contributed by atoms with E-state index in [-0.39, 0.29) is 73.8 Å². The van der Waals surface area contributed by atoms with E-state index in [2.05, 4.69) is 0 Å². The Morgan fingerprint density at radius 2 is 1.03 bits per heavy atom. The van der Waals surface area contributed by atoms with Crippen LogP contribution >= 0.6 is 0 Å². The molecule has 0 bridgehead atoms. The monoisotopic (exact) mass is 520 g/mol. The summed E-state index contributed by atoms with van der Waals surface area (Å²) in [5.74, 6) is -1.01. The smallest absolute Gasteiger partial charge is 0.309 e. The zero-order valence-corrected chi connectivity index (χ0v) is 21.8. The van der Waals surface area contributed by atoms with Crippen molar-refractivity contribution < 1.29 is 42.8 Å². The average molecular weight is 521 g/mol. The Morgan fingerprint density at radius 1 is 0.622 bits per heavy atom. The third kappa shape index (κ3) is 5.98. The molecule has 0 aromatic rings. The lowest BCUT2D eigenvalue weighted by molar-refractivity contribution is -0.164. The maximum Gasteiger partial charge on any atom is 0.309 e. The summed E-state index contributed by atoms with van der Waals surface area (Å²) >= 11 is 0. The molecule has 3 aliphatic carbocycles. The van der Waals surface area contributed by atoms with Gasteiger partial charge in [0, 0.05) is 5.41 Å². The normalized spacial score (nSPS) is 40.6. The number of fused-ring (bicyclic) bond motifs is 3. The van der Waals surface area contributed by atoms with E-state index in [4.69, 9.17) is 28.4 Å². The van der Waals surface area contributed by atoms with E-state index in [0.717, 1.165) is 44.9 Å². The molecule has 3 saturated heterocycles. The van der Waals surface area contributed by atoms with E-state index in [1.165, 1.54) is 0 Å². The van der Waals surface area contributed by atoms with Crippen molar-refractivity contribution >= 4 is 17.9 Å². The van der Waals surface area contributed by atoms with E-state index in [0.29, 0.717) is 44.0 Å². The van der Waals surface area contributed by atoms with Crippen molar-refractivity contribution in [3.05, 3.63) is 0 Å². The van der Waals surface area contributed by atoms with Gasteiger partial charge in [0.15, 0.2) is 0 Å². The summed E-state index contributed by atoms with van der Waals surface area (Å²) in [6, 6.07) is 0. The SMILES string of the molecule is CCC(CCOC(=O)C1CCC2OC2C1)(COC(=O)C1CCC2OC2C1)COC(=O)C1CCC2OC2C1. The van der Waals surface area contributed by atoms with Crippen molar-refractivity contribution in [1.82, 2.24) is 0 Å². The average Bonchev–Trinajstić information content (AvgIpc) is 3.80. The van der Waals surface area contributed by atoms with Gasteiger partial charge in [-0.1, -0.05) is 6.92 Å². The number of ether oxygens (including phenoxy) is 6. The molecule has 0 spiro atoms. The maximum absolute atomic E-state index is 12.9. The first-order valence-electron chi connectivity index (χ1n) is 14.4. The van der Waals surface area contributed by atoms with Gasteiger partial charge in [-0.25, -0.2) is 0 Å². The zero-order chi connectivity index (χ0) is 25.6. The van der Waals surface area contributed by atoms with Crippen LogP contribution in [0.3, 0.4) is 0 Å². The Kier molecular flexibility index (Phi) is 7.22. The highest BCUT2D eigenvalue weighted by Crippen LogP contribution is 2.42. The first-order chi connectivity index (χ1) is 17.9. The van der Waals surface area contributed by atoms with Crippen LogP contribution in [0.25, 0.3) is 0 Å². The highest BCUT2D eigenvalue weighted by atomic mass is 16.6. The lowest BCUT2D eigenvalue weighted by Gasteiger charge is -2.33. The molecule has 9 heteroatoms. The molecule has 206 valence electrons. The van der Waals surface area contributed by atoms with Crippen molar-refractivity contribution in [2.75, 3.05) is 19.8 Å². The minimum Gasteiger partial charge on any atom is -0.465 e. The van der Waals surface area contributed by atoms with Gasteiger partial charge in [0.1, 0.15) is 13.2 Å². The van der Waals surface area contributed by atoms with Crippen LogP contribution in [-0.2, 0) is 42.8 Å². The second kappa shape index (κ2) is 10.5. The Morgan fingerprint density at radius 3 is 1.41 bits per heavy atom. The zero-order valence-electron chi connectivity index (χ0n) is 21.8. The van der Waals surface area contributed by atoms with Crippen LogP contribution in [0.4, 0.5) is 0 Å². The van der Waals surface area contributed by atoms with E-state index < -0.39 is 5.41 Å². The molecule has 6 fully saturated rings. The molecule has 37 heavy (non-hydrogen) atoms. The van der Waals surface area contributed by atoms with E-state index in [1.807, 2.05) is 6.92 Å². The van der Waals surface area contributed by atoms with Gasteiger partial charge in [0.25, 0.3) is 0 Å². The highest BCUT2D eigenvalue weighted by molar-refractivity contribution is 5.74. The summed E-state index contributed by atoms with van der Waals surface area (Å²) in [5, 5.41) is 0. The quantitative estimate of drug-likeness (QED) is 0.230. The van der Waals surface area contributed by atoms with Crippen LogP contribution in [0.15, 0.2) is 0 Å². The number of rotatable bonds is 11. The van der Waals surface area contributed by atoms with Crippen LogP contribution in [0.1, 0.15) is 77.6 Å². The second-order valence-electron chi connectivity index (χ2n) is 12.2.